The Bertz CT molecular complexity index is 826. The van der Waals surface area contributed by atoms with Crippen LogP contribution in [0.15, 0.2) is 41.7 Å². The first kappa shape index (κ1) is 16.0. The van der Waals surface area contributed by atoms with Crippen molar-refractivity contribution in [3.8, 4) is 11.6 Å². The Labute approximate surface area is 130 Å². The van der Waals surface area contributed by atoms with Crippen LogP contribution in [0.2, 0.25) is 0 Å². The van der Waals surface area contributed by atoms with Crippen LogP contribution < -0.4 is 10.3 Å². The Kier molecular flexibility index (Phi) is 4.88. The third kappa shape index (κ3) is 4.03. The number of hydrogen-bond donors (Lipinski definition) is 2. The van der Waals surface area contributed by atoms with Crippen LogP contribution in [-0.4, -0.2) is 26.6 Å². The molecule has 0 fully saturated rings. The highest BCUT2D eigenvalue weighted by atomic mass is 16.6. The maximum Gasteiger partial charge on any atom is 0.395 e. The van der Waals surface area contributed by atoms with E-state index in [2.05, 4.69) is 16.5 Å². The van der Waals surface area contributed by atoms with Crippen LogP contribution in [0.25, 0.3) is 12.2 Å². The zero-order chi connectivity index (χ0) is 16.8. The van der Waals surface area contributed by atoms with Gasteiger partial charge >= 0.3 is 11.2 Å². The maximum atomic E-state index is 11.5. The molecule has 0 spiro atoms. The van der Waals surface area contributed by atoms with Crippen LogP contribution in [-0.2, 0) is 0 Å². The molecule has 1 heterocycles. The van der Waals surface area contributed by atoms with Crippen LogP contribution in [0.4, 0.5) is 5.69 Å². The van der Waals surface area contributed by atoms with E-state index in [1.54, 1.807) is 36.4 Å². The number of aromatic hydroxyl groups is 1. The van der Waals surface area contributed by atoms with Crippen LogP contribution in [0.3, 0.4) is 0 Å². The number of benzene rings is 1. The Hall–Kier alpha value is -3.42. The number of ether oxygens (including phenoxy) is 1. The van der Waals surface area contributed by atoms with Gasteiger partial charge in [0.15, 0.2) is 0 Å². The quantitative estimate of drug-likeness (QED) is 0.479. The molecule has 0 aliphatic carbocycles. The van der Waals surface area contributed by atoms with Gasteiger partial charge in [-0.3, -0.25) is 14.9 Å². The van der Waals surface area contributed by atoms with Gasteiger partial charge in [-0.2, -0.15) is 4.98 Å². The van der Waals surface area contributed by atoms with E-state index in [4.69, 9.17) is 4.74 Å². The highest BCUT2D eigenvalue weighted by Crippen LogP contribution is 2.18. The van der Waals surface area contributed by atoms with E-state index in [1.165, 1.54) is 6.08 Å². The van der Waals surface area contributed by atoms with E-state index in [9.17, 15) is 20.0 Å². The fraction of sp³-hybridized carbons (Fsp3) is 0.0667. The lowest BCUT2D eigenvalue weighted by Crippen LogP contribution is -2.14. The molecule has 0 atom stereocenters. The molecule has 8 nitrogen and oxygen atoms in total. The Morgan fingerprint density at radius 2 is 2.22 bits per heavy atom. The van der Waals surface area contributed by atoms with Crippen molar-refractivity contribution in [2.75, 3.05) is 6.61 Å². The largest absolute Gasteiger partial charge is 0.490 e. The van der Waals surface area contributed by atoms with E-state index in [0.29, 0.717) is 12.4 Å². The molecule has 1 aromatic heterocycles. The number of hydrogen-bond acceptors (Lipinski definition) is 6. The highest BCUT2D eigenvalue weighted by Gasteiger charge is 2.21. The van der Waals surface area contributed by atoms with E-state index in [0.717, 1.165) is 5.56 Å². The molecule has 23 heavy (non-hydrogen) atoms. The summed E-state index contributed by atoms with van der Waals surface area (Å²) in [6, 6.07) is 7.10. The number of aromatic amines is 1. The summed E-state index contributed by atoms with van der Waals surface area (Å²) >= 11 is 0. The number of H-pyrrole nitrogens is 1. The van der Waals surface area contributed by atoms with E-state index in [-0.39, 0.29) is 5.82 Å². The molecule has 0 unspecified atom stereocenters. The molecule has 0 aliphatic heterocycles. The van der Waals surface area contributed by atoms with Gasteiger partial charge in [-0.1, -0.05) is 30.9 Å². The summed E-state index contributed by atoms with van der Waals surface area (Å²) in [7, 11) is 0. The molecular formula is C15H13N3O5. The van der Waals surface area contributed by atoms with Gasteiger partial charge in [-0.25, -0.2) is 0 Å². The van der Waals surface area contributed by atoms with Crippen molar-refractivity contribution < 1.29 is 14.8 Å². The van der Waals surface area contributed by atoms with Crippen LogP contribution in [0.5, 0.6) is 11.6 Å². The molecule has 0 radical (unpaired) electrons. The first-order valence-electron chi connectivity index (χ1n) is 6.51. The van der Waals surface area contributed by atoms with Crippen molar-refractivity contribution in [3.63, 3.8) is 0 Å². The summed E-state index contributed by atoms with van der Waals surface area (Å²) in [5.74, 6) is -0.294. The fourth-order valence-corrected chi connectivity index (χ4v) is 1.75. The van der Waals surface area contributed by atoms with Crippen molar-refractivity contribution in [2.24, 2.45) is 0 Å². The summed E-state index contributed by atoms with van der Waals surface area (Å²) in [4.78, 5) is 26.9. The molecule has 2 N–H and O–H groups in total. The number of nitrogens with zero attached hydrogens (tertiary/aromatic N) is 2. The minimum absolute atomic E-state index is 0.00415. The summed E-state index contributed by atoms with van der Waals surface area (Å²) in [5, 5.41) is 20.0. The SMILES string of the molecule is C=CCOc1cccc(C=Cc2nc(O)c([N+](=O)[O-])c(=O)[nH]2)c1. The van der Waals surface area contributed by atoms with E-state index < -0.39 is 22.0 Å². The second-order valence-electron chi connectivity index (χ2n) is 4.39. The average molecular weight is 315 g/mol. The molecule has 0 saturated heterocycles. The average Bonchev–Trinajstić information content (AvgIpc) is 2.50. The molecule has 8 heteroatoms. The topological polar surface area (TPSA) is 118 Å². The summed E-state index contributed by atoms with van der Waals surface area (Å²) in [6.45, 7) is 3.93. The van der Waals surface area contributed by atoms with Gasteiger partial charge in [0, 0.05) is 0 Å². The van der Waals surface area contributed by atoms with Crippen molar-refractivity contribution in [1.82, 2.24) is 9.97 Å². The van der Waals surface area contributed by atoms with Gasteiger partial charge < -0.3 is 14.8 Å². The van der Waals surface area contributed by atoms with E-state index >= 15 is 0 Å². The molecule has 1 aromatic carbocycles. The van der Waals surface area contributed by atoms with Gasteiger partial charge in [0.1, 0.15) is 18.2 Å². The van der Waals surface area contributed by atoms with E-state index in [1.807, 2.05) is 0 Å². The maximum absolute atomic E-state index is 11.5. The van der Waals surface area contributed by atoms with Crippen LogP contribution >= 0.6 is 0 Å². The van der Waals surface area contributed by atoms with Gasteiger partial charge in [-0.05, 0) is 23.8 Å². The first-order valence-corrected chi connectivity index (χ1v) is 6.51. The first-order chi connectivity index (χ1) is 11.0. The third-order valence-electron chi connectivity index (χ3n) is 2.74. The number of rotatable bonds is 6. The Morgan fingerprint density at radius 3 is 2.87 bits per heavy atom. The predicted octanol–water partition coefficient (Wildman–Crippen LogP) is 2.12. The normalized spacial score (nSPS) is 10.6. The number of aromatic nitrogens is 2. The van der Waals surface area contributed by atoms with Crippen molar-refractivity contribution in [1.29, 1.82) is 0 Å². The molecule has 0 aliphatic rings. The van der Waals surface area contributed by atoms with Gasteiger partial charge in [0.2, 0.25) is 0 Å². The Balaban J connectivity index is 2.25. The predicted molar refractivity (Wildman–Crippen MR) is 84.2 cm³/mol. The Morgan fingerprint density at radius 1 is 1.43 bits per heavy atom. The number of nitro groups is 1. The molecule has 118 valence electrons. The monoisotopic (exact) mass is 315 g/mol. The summed E-state index contributed by atoms with van der Waals surface area (Å²) in [5.41, 5.74) is -1.25. The molecule has 0 bridgehead atoms. The standard InChI is InChI=1S/C15H13N3O5/c1-2-8-23-11-5-3-4-10(9-11)6-7-12-16-14(19)13(18(21)22)15(20)17-12/h2-7,9H,1,8H2,(H2,16,17,19,20). The molecule has 0 amide bonds. The lowest BCUT2D eigenvalue weighted by Gasteiger charge is -2.03. The van der Waals surface area contributed by atoms with Crippen molar-refractivity contribution in [2.45, 2.75) is 0 Å². The highest BCUT2D eigenvalue weighted by molar-refractivity contribution is 5.67. The van der Waals surface area contributed by atoms with Crippen LogP contribution in [0.1, 0.15) is 11.4 Å². The molecule has 2 aromatic rings. The number of nitrogens with one attached hydrogen (secondary N) is 1. The van der Waals surface area contributed by atoms with Gasteiger partial charge in [0.25, 0.3) is 5.88 Å². The zero-order valence-corrected chi connectivity index (χ0v) is 11.9. The fourth-order valence-electron chi connectivity index (χ4n) is 1.75. The zero-order valence-electron chi connectivity index (χ0n) is 11.9. The minimum Gasteiger partial charge on any atom is -0.490 e. The van der Waals surface area contributed by atoms with Crippen molar-refractivity contribution in [3.05, 3.63) is 68.8 Å². The van der Waals surface area contributed by atoms with Crippen LogP contribution in [0, 0.1) is 10.1 Å². The lowest BCUT2D eigenvalue weighted by molar-refractivity contribution is -0.387. The smallest absolute Gasteiger partial charge is 0.395 e. The summed E-state index contributed by atoms with van der Waals surface area (Å²) in [6.07, 6.45) is 4.65. The molecule has 0 saturated carbocycles. The second kappa shape index (κ2) is 7.03. The van der Waals surface area contributed by atoms with Crippen molar-refractivity contribution >= 4 is 17.8 Å². The van der Waals surface area contributed by atoms with Gasteiger partial charge in [0.05, 0.1) is 4.92 Å². The molecule has 2 rings (SSSR count). The second-order valence-corrected chi connectivity index (χ2v) is 4.39. The summed E-state index contributed by atoms with van der Waals surface area (Å²) < 4.78 is 5.39. The molecular weight excluding hydrogens is 302 g/mol. The minimum atomic E-state index is -1.02. The third-order valence-corrected chi connectivity index (χ3v) is 2.74. The lowest BCUT2D eigenvalue weighted by atomic mass is 10.2. The van der Waals surface area contributed by atoms with Gasteiger partial charge in [-0.15, -0.1) is 0 Å².